The van der Waals surface area contributed by atoms with E-state index in [1.807, 2.05) is 22.7 Å². The summed E-state index contributed by atoms with van der Waals surface area (Å²) >= 11 is 3.91. The van der Waals surface area contributed by atoms with Crippen molar-refractivity contribution in [1.29, 1.82) is 0 Å². The van der Waals surface area contributed by atoms with Crippen LogP contribution in [-0.2, 0) is 19.3 Å². The first-order chi connectivity index (χ1) is 22.8. The maximum absolute atomic E-state index is 2.55. The molecule has 4 heteroatoms. The predicted molar refractivity (Wildman–Crippen MR) is 199 cm³/mol. The Morgan fingerprint density at radius 1 is 0.500 bits per heavy atom. The molecule has 9 aromatic rings. The molecule has 0 saturated heterocycles. The van der Waals surface area contributed by atoms with Crippen molar-refractivity contribution in [3.63, 3.8) is 0 Å². The van der Waals surface area contributed by atoms with Crippen molar-refractivity contribution in [2.75, 3.05) is 0 Å². The number of hydrogen-bond donors (Lipinski definition) is 0. The fourth-order valence-corrected chi connectivity index (χ4v) is 11.0. The van der Waals surface area contributed by atoms with Crippen LogP contribution >= 0.6 is 22.7 Å². The van der Waals surface area contributed by atoms with Gasteiger partial charge in [-0.15, -0.1) is 22.7 Å². The van der Waals surface area contributed by atoms with Gasteiger partial charge in [-0.05, 0) is 90.9 Å². The van der Waals surface area contributed by atoms with Gasteiger partial charge < -0.3 is 9.13 Å². The van der Waals surface area contributed by atoms with Crippen LogP contribution in [0.15, 0.2) is 115 Å². The molecule has 0 amide bonds. The van der Waals surface area contributed by atoms with Gasteiger partial charge in [-0.25, -0.2) is 0 Å². The van der Waals surface area contributed by atoms with Gasteiger partial charge in [0.15, 0.2) is 0 Å². The minimum Gasteiger partial charge on any atom is -0.308 e. The summed E-state index contributed by atoms with van der Waals surface area (Å²) in [5.74, 6) is 0. The number of fused-ring (bicyclic) bond motifs is 14. The minimum atomic E-state index is 1.10. The Morgan fingerprint density at radius 3 is 2.02 bits per heavy atom. The van der Waals surface area contributed by atoms with Gasteiger partial charge in [0.25, 0.3) is 0 Å². The second-order valence-electron chi connectivity index (χ2n) is 12.7. The lowest BCUT2D eigenvalue weighted by Crippen LogP contribution is -2.06. The van der Waals surface area contributed by atoms with Crippen LogP contribution in [0.5, 0.6) is 0 Å². The van der Waals surface area contributed by atoms with Crippen molar-refractivity contribution in [1.82, 2.24) is 9.13 Å². The van der Waals surface area contributed by atoms with E-state index in [1.54, 1.807) is 11.1 Å². The maximum atomic E-state index is 2.55. The molecule has 5 aromatic carbocycles. The van der Waals surface area contributed by atoms with Crippen molar-refractivity contribution in [3.05, 3.63) is 137 Å². The van der Waals surface area contributed by atoms with Gasteiger partial charge in [0.2, 0.25) is 0 Å². The summed E-state index contributed by atoms with van der Waals surface area (Å²) in [6, 6.07) is 40.7. The van der Waals surface area contributed by atoms with Gasteiger partial charge >= 0.3 is 0 Å². The molecule has 2 aliphatic carbocycles. The first-order valence-electron chi connectivity index (χ1n) is 16.2. The standard InChI is InChI=1S/C42H28N2S2/c1-5-13-35-27(9-1)31-21-23-33-29-11-3-7-15-37(29)45-41(33)39(31)43(35)25-17-19-26(20-18-25)44-36-14-6-2-10-28(36)32-22-24-34-30-12-4-8-16-38(30)46-42(34)40(32)44/h1-3,5-11,13-21,23H,4,12,22,24H2. The van der Waals surface area contributed by atoms with E-state index in [1.165, 1.54) is 91.7 Å². The molecule has 0 radical (unpaired) electrons. The van der Waals surface area contributed by atoms with Crippen LogP contribution in [0, 0.1) is 0 Å². The number of hydrogen-bond acceptors (Lipinski definition) is 2. The fourth-order valence-electron chi connectivity index (χ4n) is 8.37. The Hall–Kier alpha value is -4.90. The molecule has 0 aliphatic heterocycles. The van der Waals surface area contributed by atoms with E-state index in [0.717, 1.165) is 19.3 Å². The van der Waals surface area contributed by atoms with Crippen LogP contribution in [0.25, 0.3) is 80.9 Å². The number of para-hydroxylation sites is 2. The van der Waals surface area contributed by atoms with Gasteiger partial charge in [-0.2, -0.15) is 0 Å². The minimum absolute atomic E-state index is 1.10. The Balaban J connectivity index is 1.15. The highest BCUT2D eigenvalue weighted by Gasteiger charge is 2.30. The monoisotopic (exact) mass is 624 g/mol. The largest absolute Gasteiger partial charge is 0.308 e. The normalized spacial score (nSPS) is 14.1. The van der Waals surface area contributed by atoms with Gasteiger partial charge in [-0.1, -0.05) is 72.8 Å². The lowest BCUT2D eigenvalue weighted by molar-refractivity contribution is 0.898. The Kier molecular flexibility index (Phi) is 5.13. The summed E-state index contributed by atoms with van der Waals surface area (Å²) in [6.45, 7) is 0. The third kappa shape index (κ3) is 3.30. The first-order valence-corrected chi connectivity index (χ1v) is 17.8. The van der Waals surface area contributed by atoms with Crippen LogP contribution < -0.4 is 0 Å². The van der Waals surface area contributed by atoms with Crippen LogP contribution in [-0.4, -0.2) is 9.13 Å². The fraction of sp³-hybridized carbons (Fsp3) is 0.0952. The number of benzene rings is 5. The molecule has 46 heavy (non-hydrogen) atoms. The van der Waals surface area contributed by atoms with E-state index >= 15 is 0 Å². The van der Waals surface area contributed by atoms with Crippen molar-refractivity contribution < 1.29 is 0 Å². The zero-order valence-corrected chi connectivity index (χ0v) is 26.7. The van der Waals surface area contributed by atoms with Crippen molar-refractivity contribution >= 4 is 81.6 Å². The summed E-state index contributed by atoms with van der Waals surface area (Å²) < 4.78 is 7.74. The van der Waals surface area contributed by atoms with E-state index < -0.39 is 0 Å². The highest BCUT2D eigenvalue weighted by atomic mass is 32.1. The number of aryl methyl sites for hydroxylation is 1. The number of nitrogens with zero attached hydrogens (tertiary/aromatic N) is 2. The average Bonchev–Trinajstić information content (AvgIpc) is 3.86. The topological polar surface area (TPSA) is 9.86 Å². The van der Waals surface area contributed by atoms with E-state index in [0.29, 0.717) is 0 Å². The van der Waals surface area contributed by atoms with Gasteiger partial charge in [-0.3, -0.25) is 0 Å². The lowest BCUT2D eigenvalue weighted by atomic mass is 9.89. The van der Waals surface area contributed by atoms with Crippen molar-refractivity contribution in [2.24, 2.45) is 0 Å². The molecule has 0 bridgehead atoms. The number of aromatic nitrogens is 2. The number of allylic oxidation sites excluding steroid dienone is 1. The maximum Gasteiger partial charge on any atom is 0.0719 e. The molecule has 0 saturated carbocycles. The van der Waals surface area contributed by atoms with Gasteiger partial charge in [0.05, 0.1) is 31.8 Å². The Morgan fingerprint density at radius 2 is 1.17 bits per heavy atom. The third-order valence-corrected chi connectivity index (χ3v) is 12.8. The smallest absolute Gasteiger partial charge is 0.0719 e. The molecule has 4 aromatic heterocycles. The van der Waals surface area contributed by atoms with Gasteiger partial charge in [0, 0.05) is 47.9 Å². The SMILES string of the molecule is C1=Cc2sc3c(c2CC1)CCc1c-3n(-c2ccc(-n3c4ccccc4c4ccc5c6ccccc6sc5c43)cc2)c2ccccc12. The van der Waals surface area contributed by atoms with E-state index in [4.69, 9.17) is 0 Å². The molecular formula is C42H28N2S2. The summed E-state index contributed by atoms with van der Waals surface area (Å²) in [4.78, 5) is 2.95. The molecule has 0 spiro atoms. The molecule has 2 nitrogen and oxygen atoms in total. The molecule has 4 heterocycles. The molecule has 0 fully saturated rings. The molecule has 0 atom stereocenters. The highest BCUT2D eigenvalue weighted by molar-refractivity contribution is 7.26. The van der Waals surface area contributed by atoms with Crippen LogP contribution in [0.1, 0.15) is 28.0 Å². The third-order valence-electron chi connectivity index (χ3n) is 10.3. The zero-order valence-electron chi connectivity index (χ0n) is 25.1. The molecular weight excluding hydrogens is 597 g/mol. The highest BCUT2D eigenvalue weighted by Crippen LogP contribution is 2.49. The quantitative estimate of drug-likeness (QED) is 0.181. The zero-order chi connectivity index (χ0) is 29.9. The van der Waals surface area contributed by atoms with E-state index in [-0.39, 0.29) is 0 Å². The average molecular weight is 625 g/mol. The van der Waals surface area contributed by atoms with E-state index in [2.05, 4.69) is 130 Å². The lowest BCUT2D eigenvalue weighted by Gasteiger charge is -2.19. The molecule has 0 N–H and O–H groups in total. The molecule has 2 aliphatic rings. The van der Waals surface area contributed by atoms with Crippen molar-refractivity contribution in [3.8, 4) is 21.9 Å². The first kappa shape index (κ1) is 25.3. The molecule has 11 rings (SSSR count). The molecule has 218 valence electrons. The number of rotatable bonds is 2. The number of thiophene rings is 2. The second kappa shape index (κ2) is 9.32. The predicted octanol–water partition coefficient (Wildman–Crippen LogP) is 11.9. The summed E-state index contributed by atoms with van der Waals surface area (Å²) in [6.07, 6.45) is 9.29. The van der Waals surface area contributed by atoms with Crippen LogP contribution in [0.3, 0.4) is 0 Å². The second-order valence-corrected chi connectivity index (χ2v) is 14.8. The van der Waals surface area contributed by atoms with Crippen LogP contribution in [0.2, 0.25) is 0 Å². The summed E-state index contributed by atoms with van der Waals surface area (Å²) in [7, 11) is 0. The van der Waals surface area contributed by atoms with Crippen molar-refractivity contribution in [2.45, 2.75) is 25.7 Å². The summed E-state index contributed by atoms with van der Waals surface area (Å²) in [5.41, 5.74) is 12.4. The summed E-state index contributed by atoms with van der Waals surface area (Å²) in [5, 5.41) is 6.68. The Labute approximate surface area is 274 Å². The van der Waals surface area contributed by atoms with Crippen LogP contribution in [0.4, 0.5) is 0 Å². The molecule has 0 unspecified atom stereocenters. The van der Waals surface area contributed by atoms with Gasteiger partial charge in [0.1, 0.15) is 0 Å². The van der Waals surface area contributed by atoms with E-state index in [9.17, 15) is 0 Å². The Bertz CT molecular complexity index is 2740.